The summed E-state index contributed by atoms with van der Waals surface area (Å²) >= 11 is 2.95. The number of methoxy groups -OCH3 is 1. The normalized spacial score (nSPS) is 12.6. The van der Waals surface area contributed by atoms with Crippen LogP contribution < -0.4 is 10.5 Å². The second-order valence-electron chi connectivity index (χ2n) is 2.93. The molecular formula is C9H11BrFNO3. The minimum absolute atomic E-state index is 0.0189. The summed E-state index contributed by atoms with van der Waals surface area (Å²) in [5, 5.41) is 18.6. The molecule has 4 nitrogen and oxygen atoms in total. The quantitative estimate of drug-likeness (QED) is 0.780. The largest absolute Gasteiger partial charge is 0.504 e. The summed E-state index contributed by atoms with van der Waals surface area (Å²) in [6, 6.07) is 0.163. The highest BCUT2D eigenvalue weighted by atomic mass is 79.9. The van der Waals surface area contributed by atoms with Gasteiger partial charge in [0.2, 0.25) is 0 Å². The summed E-state index contributed by atoms with van der Waals surface area (Å²) in [5.74, 6) is -0.898. The van der Waals surface area contributed by atoms with Crippen LogP contribution >= 0.6 is 15.9 Å². The first-order valence-electron chi connectivity index (χ1n) is 4.14. The maximum Gasteiger partial charge on any atom is 0.163 e. The molecular weight excluding hydrogens is 269 g/mol. The number of benzene rings is 1. The molecule has 0 bridgehead atoms. The number of aromatic hydroxyl groups is 1. The third-order valence-corrected chi connectivity index (χ3v) is 2.79. The Hall–Kier alpha value is -0.850. The van der Waals surface area contributed by atoms with E-state index in [1.807, 2.05) is 0 Å². The number of halogens is 2. The number of rotatable bonds is 3. The molecule has 0 aliphatic carbocycles. The van der Waals surface area contributed by atoms with Crippen LogP contribution in [0.4, 0.5) is 4.39 Å². The predicted octanol–water partition coefficient (Wildman–Crippen LogP) is 1.29. The van der Waals surface area contributed by atoms with Crippen LogP contribution in [-0.4, -0.2) is 23.9 Å². The molecule has 0 fully saturated rings. The van der Waals surface area contributed by atoms with Crippen molar-refractivity contribution in [1.82, 2.24) is 0 Å². The highest BCUT2D eigenvalue weighted by Crippen LogP contribution is 2.39. The van der Waals surface area contributed by atoms with E-state index in [9.17, 15) is 9.50 Å². The fourth-order valence-corrected chi connectivity index (χ4v) is 1.79. The maximum atomic E-state index is 13.3. The molecule has 1 aromatic rings. The second-order valence-corrected chi connectivity index (χ2v) is 3.72. The number of hydrogen-bond donors (Lipinski definition) is 3. The predicted molar refractivity (Wildman–Crippen MR) is 56.3 cm³/mol. The van der Waals surface area contributed by atoms with Gasteiger partial charge in [0.05, 0.1) is 24.2 Å². The molecule has 0 aliphatic rings. The molecule has 15 heavy (non-hydrogen) atoms. The van der Waals surface area contributed by atoms with Crippen LogP contribution in [0.2, 0.25) is 0 Å². The fourth-order valence-electron chi connectivity index (χ4n) is 1.20. The lowest BCUT2D eigenvalue weighted by Crippen LogP contribution is -2.16. The van der Waals surface area contributed by atoms with E-state index in [0.717, 1.165) is 6.07 Å². The highest BCUT2D eigenvalue weighted by Gasteiger charge is 2.21. The third kappa shape index (κ3) is 2.22. The number of phenols is 1. The number of phenolic OH excluding ortho intramolecular Hbond substituents is 1. The van der Waals surface area contributed by atoms with E-state index in [1.54, 1.807) is 0 Å². The van der Waals surface area contributed by atoms with Crippen LogP contribution in [0.3, 0.4) is 0 Å². The van der Waals surface area contributed by atoms with Gasteiger partial charge in [0.25, 0.3) is 0 Å². The van der Waals surface area contributed by atoms with Gasteiger partial charge in [-0.1, -0.05) is 0 Å². The van der Waals surface area contributed by atoms with Crippen LogP contribution in [0.25, 0.3) is 0 Å². The van der Waals surface area contributed by atoms with Crippen molar-refractivity contribution in [3.63, 3.8) is 0 Å². The zero-order valence-corrected chi connectivity index (χ0v) is 9.58. The van der Waals surface area contributed by atoms with Gasteiger partial charge in [0, 0.05) is 11.6 Å². The van der Waals surface area contributed by atoms with Gasteiger partial charge in [0.1, 0.15) is 5.82 Å². The molecule has 0 saturated heterocycles. The lowest BCUT2D eigenvalue weighted by molar-refractivity contribution is 0.263. The molecule has 1 rings (SSSR count). The van der Waals surface area contributed by atoms with E-state index in [2.05, 4.69) is 15.9 Å². The highest BCUT2D eigenvalue weighted by molar-refractivity contribution is 9.10. The second kappa shape index (κ2) is 4.78. The van der Waals surface area contributed by atoms with Crippen molar-refractivity contribution in [2.45, 2.75) is 6.04 Å². The molecule has 1 aromatic carbocycles. The Balaban J connectivity index is 3.40. The van der Waals surface area contributed by atoms with E-state index < -0.39 is 18.5 Å². The van der Waals surface area contributed by atoms with Crippen molar-refractivity contribution in [2.75, 3.05) is 13.7 Å². The maximum absolute atomic E-state index is 13.3. The van der Waals surface area contributed by atoms with Crippen LogP contribution in [0, 0.1) is 5.82 Å². The molecule has 0 amide bonds. The average molecular weight is 280 g/mol. The SMILES string of the molecule is COc1cc(F)c(Br)c(C(N)CO)c1O. The van der Waals surface area contributed by atoms with Gasteiger partial charge < -0.3 is 20.7 Å². The molecule has 0 aliphatic heterocycles. The topological polar surface area (TPSA) is 75.7 Å². The molecule has 6 heteroatoms. The smallest absolute Gasteiger partial charge is 0.163 e. The lowest BCUT2D eigenvalue weighted by atomic mass is 10.1. The molecule has 1 atom stereocenters. The van der Waals surface area contributed by atoms with Crippen LogP contribution in [0.5, 0.6) is 11.5 Å². The Bertz CT molecular complexity index is 373. The molecule has 4 N–H and O–H groups in total. The Morgan fingerprint density at radius 3 is 2.73 bits per heavy atom. The van der Waals surface area contributed by atoms with Crippen LogP contribution in [0.1, 0.15) is 11.6 Å². The number of ether oxygens (including phenoxy) is 1. The standard InChI is InChI=1S/C9H11BrFNO3/c1-15-6-2-4(11)8(10)7(9(6)14)5(12)3-13/h2,5,13-14H,3,12H2,1H3. The average Bonchev–Trinajstić information content (AvgIpc) is 2.23. The first-order valence-corrected chi connectivity index (χ1v) is 4.93. The Kier molecular flexibility index (Phi) is 3.90. The van der Waals surface area contributed by atoms with Crippen LogP contribution in [0.15, 0.2) is 10.5 Å². The third-order valence-electron chi connectivity index (χ3n) is 1.98. The molecule has 0 spiro atoms. The van der Waals surface area contributed by atoms with E-state index >= 15 is 0 Å². The monoisotopic (exact) mass is 279 g/mol. The van der Waals surface area contributed by atoms with Gasteiger partial charge in [-0.2, -0.15) is 0 Å². The van der Waals surface area contributed by atoms with Crippen molar-refractivity contribution < 1.29 is 19.3 Å². The van der Waals surface area contributed by atoms with Gasteiger partial charge in [0.15, 0.2) is 11.5 Å². The molecule has 84 valence electrons. The van der Waals surface area contributed by atoms with E-state index in [0.29, 0.717) is 0 Å². The summed E-state index contributed by atoms with van der Waals surface area (Å²) in [4.78, 5) is 0. The minimum atomic E-state index is -0.871. The lowest BCUT2D eigenvalue weighted by Gasteiger charge is -2.15. The van der Waals surface area contributed by atoms with Crippen molar-refractivity contribution in [1.29, 1.82) is 0 Å². The van der Waals surface area contributed by atoms with Crippen molar-refractivity contribution in [3.8, 4) is 11.5 Å². The zero-order valence-electron chi connectivity index (χ0n) is 8.00. The summed E-state index contributed by atoms with van der Waals surface area (Å²) in [5.41, 5.74) is 5.62. The van der Waals surface area contributed by atoms with E-state index in [4.69, 9.17) is 15.6 Å². The van der Waals surface area contributed by atoms with Crippen LogP contribution in [-0.2, 0) is 0 Å². The molecule has 1 unspecified atom stereocenters. The van der Waals surface area contributed by atoms with Gasteiger partial charge >= 0.3 is 0 Å². The van der Waals surface area contributed by atoms with Crippen molar-refractivity contribution in [2.24, 2.45) is 5.73 Å². The van der Waals surface area contributed by atoms with Gasteiger partial charge in [-0.15, -0.1) is 0 Å². The Morgan fingerprint density at radius 2 is 2.27 bits per heavy atom. The summed E-state index contributed by atoms with van der Waals surface area (Å²) < 4.78 is 18.1. The fraction of sp³-hybridized carbons (Fsp3) is 0.333. The molecule has 0 heterocycles. The van der Waals surface area contributed by atoms with Gasteiger partial charge in [-0.05, 0) is 15.9 Å². The van der Waals surface area contributed by atoms with Gasteiger partial charge in [-0.3, -0.25) is 0 Å². The first-order chi connectivity index (χ1) is 7.02. The summed E-state index contributed by atoms with van der Waals surface area (Å²) in [6.07, 6.45) is 0. The zero-order chi connectivity index (χ0) is 11.6. The van der Waals surface area contributed by atoms with E-state index in [-0.39, 0.29) is 21.5 Å². The molecule has 0 radical (unpaired) electrons. The molecule has 0 saturated carbocycles. The summed E-state index contributed by atoms with van der Waals surface area (Å²) in [7, 11) is 1.30. The minimum Gasteiger partial charge on any atom is -0.504 e. The Morgan fingerprint density at radius 1 is 1.67 bits per heavy atom. The van der Waals surface area contributed by atoms with Crippen molar-refractivity contribution >= 4 is 15.9 Å². The first kappa shape index (κ1) is 12.2. The number of aliphatic hydroxyl groups is 1. The Labute approximate surface area is 94.6 Å². The number of nitrogens with two attached hydrogens (primary N) is 1. The number of aliphatic hydroxyl groups excluding tert-OH is 1. The van der Waals surface area contributed by atoms with Crippen molar-refractivity contribution in [3.05, 3.63) is 21.9 Å². The molecule has 0 aromatic heterocycles. The van der Waals surface area contributed by atoms with E-state index in [1.165, 1.54) is 7.11 Å². The van der Waals surface area contributed by atoms with Gasteiger partial charge in [-0.25, -0.2) is 4.39 Å². The number of hydrogen-bond acceptors (Lipinski definition) is 4. The summed E-state index contributed by atoms with van der Waals surface area (Å²) in [6.45, 7) is -0.404.